The first kappa shape index (κ1) is 21.9. The lowest BCUT2D eigenvalue weighted by atomic mass is 10.2. The molecule has 0 heterocycles. The highest BCUT2D eigenvalue weighted by Crippen LogP contribution is 2.31. The number of halogens is 7. The van der Waals surface area contributed by atoms with Crippen molar-refractivity contribution < 1.29 is 35.9 Å². The monoisotopic (exact) mass is 727 g/mol. The van der Waals surface area contributed by atoms with Crippen LogP contribution in [0.4, 0.5) is 17.6 Å². The van der Waals surface area contributed by atoms with E-state index in [1.54, 1.807) is 28.7 Å². The zero-order chi connectivity index (χ0) is 20.0. The number of hydrogen-bond acceptors (Lipinski definition) is 4. The van der Waals surface area contributed by atoms with Crippen molar-refractivity contribution in [3.63, 3.8) is 0 Å². The molecule has 0 aliphatic heterocycles. The summed E-state index contributed by atoms with van der Waals surface area (Å²) < 4.78 is 81.5. The molecule has 0 saturated heterocycles. The van der Waals surface area contributed by atoms with Crippen molar-refractivity contribution >= 4 is 83.7 Å². The van der Waals surface area contributed by atoms with Gasteiger partial charge >= 0.3 is 0 Å². The molecular weight excluding hydrogens is 723 g/mol. The van der Waals surface area contributed by atoms with Gasteiger partial charge in [0.25, 0.3) is 15.9 Å². The Labute approximate surface area is 185 Å². The van der Waals surface area contributed by atoms with Crippen LogP contribution in [0.2, 0.25) is 0 Å². The Morgan fingerprint density at radius 3 is 1.96 bits per heavy atom. The molecule has 140 valence electrons. The van der Waals surface area contributed by atoms with Gasteiger partial charge in [-0.2, -0.15) is 8.78 Å². The largest absolute Gasteiger partial charge is 0.503 e. The van der Waals surface area contributed by atoms with E-state index in [0.717, 1.165) is 0 Å². The Balaban J connectivity index is 2.56. The van der Waals surface area contributed by atoms with Gasteiger partial charge in [0.2, 0.25) is 11.6 Å². The molecule has 5 nitrogen and oxygen atoms in total. The van der Waals surface area contributed by atoms with Gasteiger partial charge in [0.15, 0.2) is 22.3 Å². The maximum Gasteiger partial charge on any atom is 0.270 e. The number of benzene rings is 2. The van der Waals surface area contributed by atoms with Crippen molar-refractivity contribution in [1.82, 2.24) is 4.72 Å². The Hall–Kier alpha value is -0.430. The molecular formula is C13H4F4I3NO4S. The van der Waals surface area contributed by atoms with Gasteiger partial charge in [-0.05, 0) is 79.9 Å². The van der Waals surface area contributed by atoms with E-state index in [9.17, 15) is 30.8 Å². The van der Waals surface area contributed by atoms with Crippen LogP contribution in [0.25, 0.3) is 0 Å². The third kappa shape index (κ3) is 4.03. The fourth-order valence-corrected chi connectivity index (χ4v) is 5.29. The molecule has 0 radical (unpaired) electrons. The third-order valence-corrected chi connectivity index (χ3v) is 7.95. The maximum absolute atomic E-state index is 13.8. The fourth-order valence-electron chi connectivity index (χ4n) is 1.79. The smallest absolute Gasteiger partial charge is 0.270 e. The lowest BCUT2D eigenvalue weighted by Gasteiger charge is -2.12. The Morgan fingerprint density at radius 1 is 0.962 bits per heavy atom. The molecule has 2 aromatic carbocycles. The van der Waals surface area contributed by atoms with Crippen LogP contribution in [0.3, 0.4) is 0 Å². The van der Waals surface area contributed by atoms with Crippen molar-refractivity contribution in [2.24, 2.45) is 0 Å². The molecule has 0 aliphatic rings. The minimum Gasteiger partial charge on any atom is -0.503 e. The van der Waals surface area contributed by atoms with E-state index in [1.807, 2.05) is 45.2 Å². The first-order chi connectivity index (χ1) is 11.9. The highest BCUT2D eigenvalue weighted by molar-refractivity contribution is 14.1. The van der Waals surface area contributed by atoms with Crippen molar-refractivity contribution in [3.05, 3.63) is 51.7 Å². The summed E-state index contributed by atoms with van der Waals surface area (Å²) >= 11 is 5.52. The molecule has 1 amide bonds. The number of rotatable bonds is 3. The summed E-state index contributed by atoms with van der Waals surface area (Å²) in [6, 6.07) is 3.01. The molecule has 0 unspecified atom stereocenters. The molecule has 0 atom stereocenters. The highest BCUT2D eigenvalue weighted by Gasteiger charge is 2.34. The van der Waals surface area contributed by atoms with Gasteiger partial charge in [0.1, 0.15) is 0 Å². The van der Waals surface area contributed by atoms with E-state index in [-0.39, 0.29) is 5.56 Å². The molecule has 0 spiro atoms. The maximum atomic E-state index is 13.8. The first-order valence-electron chi connectivity index (χ1n) is 6.15. The number of aromatic hydroxyl groups is 1. The van der Waals surface area contributed by atoms with E-state index in [1.165, 1.54) is 10.8 Å². The predicted molar refractivity (Wildman–Crippen MR) is 107 cm³/mol. The van der Waals surface area contributed by atoms with Crippen LogP contribution in [0.1, 0.15) is 10.4 Å². The first-order valence-corrected chi connectivity index (χ1v) is 10.9. The fraction of sp³-hybridized carbons (Fsp3) is 0. The van der Waals surface area contributed by atoms with Crippen LogP contribution in [0.15, 0.2) is 17.0 Å². The molecule has 0 bridgehead atoms. The van der Waals surface area contributed by atoms with Crippen LogP contribution in [0.5, 0.6) is 5.75 Å². The SMILES string of the molecule is O=C(NS(=O)(=O)c1c(F)c(F)c(O)c(F)c1F)c1cc(I)cc(I)c1I. The van der Waals surface area contributed by atoms with Gasteiger partial charge in [-0.3, -0.25) is 4.79 Å². The molecule has 2 aromatic rings. The van der Waals surface area contributed by atoms with Crippen LogP contribution < -0.4 is 4.72 Å². The molecule has 26 heavy (non-hydrogen) atoms. The number of amides is 1. The highest BCUT2D eigenvalue weighted by atomic mass is 127. The minimum absolute atomic E-state index is 0.119. The summed E-state index contributed by atoms with van der Waals surface area (Å²) in [5.74, 6) is -12.6. The third-order valence-electron chi connectivity index (χ3n) is 2.93. The molecule has 0 aromatic heterocycles. The van der Waals surface area contributed by atoms with Crippen molar-refractivity contribution in [2.45, 2.75) is 4.90 Å². The van der Waals surface area contributed by atoms with E-state index >= 15 is 0 Å². The lowest BCUT2D eigenvalue weighted by molar-refractivity contribution is 0.0980. The summed E-state index contributed by atoms with van der Waals surface area (Å²) in [6.45, 7) is 0. The van der Waals surface area contributed by atoms with Gasteiger partial charge in [-0.1, -0.05) is 0 Å². The second-order valence-corrected chi connectivity index (χ2v) is 9.72. The van der Waals surface area contributed by atoms with Crippen LogP contribution in [-0.4, -0.2) is 19.4 Å². The minimum atomic E-state index is -5.32. The second-order valence-electron chi connectivity index (χ2n) is 4.62. The summed E-state index contributed by atoms with van der Waals surface area (Å²) in [5.41, 5.74) is -0.119. The average molecular weight is 727 g/mol. The molecule has 0 fully saturated rings. The molecule has 2 rings (SSSR count). The van der Waals surface area contributed by atoms with Crippen molar-refractivity contribution in [3.8, 4) is 5.75 Å². The zero-order valence-electron chi connectivity index (χ0n) is 11.9. The quantitative estimate of drug-likeness (QED) is 0.286. The number of phenols is 1. The van der Waals surface area contributed by atoms with Crippen molar-refractivity contribution in [1.29, 1.82) is 0 Å². The number of nitrogens with one attached hydrogen (secondary N) is 1. The number of carbonyl (C=O) groups is 1. The van der Waals surface area contributed by atoms with Gasteiger partial charge in [-0.15, -0.1) is 0 Å². The number of carbonyl (C=O) groups excluding carboxylic acids is 1. The van der Waals surface area contributed by atoms with Crippen molar-refractivity contribution in [2.75, 3.05) is 0 Å². The second kappa shape index (κ2) is 7.90. The lowest BCUT2D eigenvalue weighted by Crippen LogP contribution is -2.33. The van der Waals surface area contributed by atoms with Crippen LogP contribution in [-0.2, 0) is 10.0 Å². The van der Waals surface area contributed by atoms with Gasteiger partial charge in [-0.25, -0.2) is 21.9 Å². The Morgan fingerprint density at radius 2 is 1.46 bits per heavy atom. The predicted octanol–water partition coefficient (Wildman–Crippen LogP) is 3.88. The molecule has 0 saturated carbocycles. The normalized spacial score (nSPS) is 11.5. The molecule has 13 heteroatoms. The van der Waals surface area contributed by atoms with E-state index in [2.05, 4.69) is 0 Å². The van der Waals surface area contributed by atoms with Gasteiger partial charge in [0.05, 0.1) is 5.56 Å². The summed E-state index contributed by atoms with van der Waals surface area (Å²) in [5, 5.41) is 8.90. The Bertz CT molecular complexity index is 1020. The number of hydrogen-bond donors (Lipinski definition) is 2. The van der Waals surface area contributed by atoms with E-state index in [0.29, 0.717) is 10.7 Å². The average Bonchev–Trinajstić information content (AvgIpc) is 2.53. The molecule has 2 N–H and O–H groups in total. The van der Waals surface area contributed by atoms with E-state index < -0.39 is 49.8 Å². The summed E-state index contributed by atoms with van der Waals surface area (Å²) in [6.07, 6.45) is 0. The van der Waals surface area contributed by atoms with Gasteiger partial charge < -0.3 is 5.11 Å². The number of sulfonamides is 1. The van der Waals surface area contributed by atoms with Crippen LogP contribution in [0, 0.1) is 34.0 Å². The van der Waals surface area contributed by atoms with Crippen LogP contribution >= 0.6 is 67.8 Å². The zero-order valence-corrected chi connectivity index (χ0v) is 19.2. The Kier molecular flexibility index (Phi) is 6.64. The van der Waals surface area contributed by atoms with Gasteiger partial charge in [0, 0.05) is 10.7 Å². The topological polar surface area (TPSA) is 83.5 Å². The number of phenolic OH excluding ortho intramolecular Hbond substituents is 1. The summed E-state index contributed by atoms with van der Waals surface area (Å²) in [4.78, 5) is 10.2. The molecule has 0 aliphatic carbocycles. The van der Waals surface area contributed by atoms with E-state index in [4.69, 9.17) is 5.11 Å². The standard InChI is InChI=1S/C13H4F4I3NO4S/c14-6-8(16)12(9(17)7(15)11(6)22)26(24,25)21-13(23)4-1-3(18)2-5(19)10(4)20/h1-2,22H,(H,21,23). The summed E-state index contributed by atoms with van der Waals surface area (Å²) in [7, 11) is -5.32.